The molecule has 0 aliphatic heterocycles. The largest absolute Gasteiger partial charge is 0.394 e. The SMILES string of the molecule is Cc1ccccc1CSCCCCC(C)(N)CO. The van der Waals surface area contributed by atoms with Crippen LogP contribution in [0.25, 0.3) is 0 Å². The first-order valence-electron chi connectivity index (χ1n) is 6.57. The van der Waals surface area contributed by atoms with Gasteiger partial charge in [0.25, 0.3) is 0 Å². The fourth-order valence-corrected chi connectivity index (χ4v) is 2.86. The molecule has 1 unspecified atom stereocenters. The van der Waals surface area contributed by atoms with Crippen molar-refractivity contribution in [2.45, 2.75) is 44.4 Å². The van der Waals surface area contributed by atoms with Gasteiger partial charge in [-0.15, -0.1) is 0 Å². The number of thioether (sulfide) groups is 1. The van der Waals surface area contributed by atoms with Crippen LogP contribution in [0.1, 0.15) is 37.3 Å². The quantitative estimate of drug-likeness (QED) is 0.711. The zero-order chi connectivity index (χ0) is 13.4. The molecule has 0 spiro atoms. The normalized spacial score (nSPS) is 14.4. The molecule has 3 heteroatoms. The Balaban J connectivity index is 2.11. The number of rotatable bonds is 8. The maximum Gasteiger partial charge on any atom is 0.0608 e. The molecule has 0 aromatic heterocycles. The van der Waals surface area contributed by atoms with E-state index in [9.17, 15) is 0 Å². The van der Waals surface area contributed by atoms with Gasteiger partial charge in [-0.3, -0.25) is 0 Å². The van der Waals surface area contributed by atoms with Crippen molar-refractivity contribution < 1.29 is 5.11 Å². The topological polar surface area (TPSA) is 46.2 Å². The predicted octanol–water partition coefficient (Wildman–Crippen LogP) is 3.11. The van der Waals surface area contributed by atoms with Crippen LogP contribution in [0.15, 0.2) is 24.3 Å². The molecule has 102 valence electrons. The van der Waals surface area contributed by atoms with E-state index in [4.69, 9.17) is 10.8 Å². The van der Waals surface area contributed by atoms with E-state index in [0.717, 1.165) is 24.3 Å². The van der Waals surface area contributed by atoms with E-state index in [1.54, 1.807) is 0 Å². The van der Waals surface area contributed by atoms with Gasteiger partial charge in [0.2, 0.25) is 0 Å². The Morgan fingerprint density at radius 3 is 2.67 bits per heavy atom. The van der Waals surface area contributed by atoms with Crippen molar-refractivity contribution in [3.8, 4) is 0 Å². The first-order valence-corrected chi connectivity index (χ1v) is 7.72. The molecular formula is C15H25NOS. The summed E-state index contributed by atoms with van der Waals surface area (Å²) in [6, 6.07) is 8.55. The second-order valence-corrected chi connectivity index (χ2v) is 6.35. The number of aryl methyl sites for hydroxylation is 1. The lowest BCUT2D eigenvalue weighted by Gasteiger charge is -2.21. The van der Waals surface area contributed by atoms with E-state index in [-0.39, 0.29) is 6.61 Å². The van der Waals surface area contributed by atoms with Crippen molar-refractivity contribution in [2.75, 3.05) is 12.4 Å². The highest BCUT2D eigenvalue weighted by molar-refractivity contribution is 7.98. The molecule has 0 amide bonds. The maximum atomic E-state index is 9.05. The van der Waals surface area contributed by atoms with Crippen molar-refractivity contribution in [2.24, 2.45) is 5.73 Å². The zero-order valence-electron chi connectivity index (χ0n) is 11.5. The van der Waals surface area contributed by atoms with E-state index >= 15 is 0 Å². The van der Waals surface area contributed by atoms with Crippen LogP contribution in [0.5, 0.6) is 0 Å². The summed E-state index contributed by atoms with van der Waals surface area (Å²) in [5.74, 6) is 2.25. The summed E-state index contributed by atoms with van der Waals surface area (Å²) in [7, 11) is 0. The van der Waals surface area contributed by atoms with Crippen LogP contribution in [0.3, 0.4) is 0 Å². The first kappa shape index (κ1) is 15.5. The Kier molecular flexibility index (Phi) is 6.76. The Morgan fingerprint density at radius 1 is 1.28 bits per heavy atom. The second kappa shape index (κ2) is 7.82. The smallest absolute Gasteiger partial charge is 0.0608 e. The molecule has 0 radical (unpaired) electrons. The molecule has 2 nitrogen and oxygen atoms in total. The third-order valence-corrected chi connectivity index (χ3v) is 4.26. The van der Waals surface area contributed by atoms with Gasteiger partial charge in [-0.25, -0.2) is 0 Å². The van der Waals surface area contributed by atoms with Crippen molar-refractivity contribution in [1.29, 1.82) is 0 Å². The van der Waals surface area contributed by atoms with Crippen LogP contribution in [-0.2, 0) is 5.75 Å². The molecule has 1 atom stereocenters. The summed E-state index contributed by atoms with van der Waals surface area (Å²) in [4.78, 5) is 0. The number of unbranched alkanes of at least 4 members (excludes halogenated alkanes) is 1. The summed E-state index contributed by atoms with van der Waals surface area (Å²) in [6.07, 6.45) is 3.16. The molecule has 0 bridgehead atoms. The summed E-state index contributed by atoms with van der Waals surface area (Å²) in [6.45, 7) is 4.15. The first-order chi connectivity index (χ1) is 8.55. The van der Waals surface area contributed by atoms with Gasteiger partial charge in [-0.1, -0.05) is 30.7 Å². The third kappa shape index (κ3) is 5.89. The molecule has 0 saturated heterocycles. The minimum atomic E-state index is -0.402. The monoisotopic (exact) mass is 267 g/mol. The molecule has 0 aliphatic carbocycles. The lowest BCUT2D eigenvalue weighted by Crippen LogP contribution is -2.39. The van der Waals surface area contributed by atoms with Crippen molar-refractivity contribution in [3.63, 3.8) is 0 Å². The van der Waals surface area contributed by atoms with Crippen LogP contribution in [0.4, 0.5) is 0 Å². The van der Waals surface area contributed by atoms with Crippen LogP contribution in [0, 0.1) is 6.92 Å². The molecule has 1 rings (SSSR count). The summed E-state index contributed by atoms with van der Waals surface area (Å²) in [5.41, 5.74) is 8.29. The van der Waals surface area contributed by atoms with Gasteiger partial charge in [0, 0.05) is 11.3 Å². The lowest BCUT2D eigenvalue weighted by atomic mass is 9.98. The molecule has 3 N–H and O–H groups in total. The zero-order valence-corrected chi connectivity index (χ0v) is 12.3. The molecule has 0 saturated carbocycles. The lowest BCUT2D eigenvalue weighted by molar-refractivity contribution is 0.198. The highest BCUT2D eigenvalue weighted by Crippen LogP contribution is 2.18. The van der Waals surface area contributed by atoms with Gasteiger partial charge >= 0.3 is 0 Å². The van der Waals surface area contributed by atoms with E-state index in [1.165, 1.54) is 17.5 Å². The minimum Gasteiger partial charge on any atom is -0.394 e. The van der Waals surface area contributed by atoms with Crippen LogP contribution in [-0.4, -0.2) is 23.0 Å². The molecule has 0 aliphatic rings. The predicted molar refractivity (Wildman–Crippen MR) is 80.9 cm³/mol. The van der Waals surface area contributed by atoms with Crippen LogP contribution in [0.2, 0.25) is 0 Å². The number of hydrogen-bond donors (Lipinski definition) is 2. The minimum absolute atomic E-state index is 0.0728. The highest BCUT2D eigenvalue weighted by Gasteiger charge is 2.15. The maximum absolute atomic E-state index is 9.05. The number of nitrogens with two attached hydrogens (primary N) is 1. The van der Waals surface area contributed by atoms with Gasteiger partial charge in [-0.05, 0) is 43.6 Å². The fraction of sp³-hybridized carbons (Fsp3) is 0.600. The van der Waals surface area contributed by atoms with Gasteiger partial charge < -0.3 is 10.8 Å². The average Bonchev–Trinajstić information content (AvgIpc) is 2.35. The summed E-state index contributed by atoms with van der Waals surface area (Å²) in [5, 5.41) is 9.05. The number of aliphatic hydroxyl groups excluding tert-OH is 1. The second-order valence-electron chi connectivity index (χ2n) is 5.25. The number of benzene rings is 1. The Labute approximate surface area is 115 Å². The molecule has 18 heavy (non-hydrogen) atoms. The van der Waals surface area contributed by atoms with E-state index in [2.05, 4.69) is 31.2 Å². The molecular weight excluding hydrogens is 242 g/mol. The Morgan fingerprint density at radius 2 is 2.00 bits per heavy atom. The van der Waals surface area contributed by atoms with Crippen molar-refractivity contribution in [3.05, 3.63) is 35.4 Å². The summed E-state index contributed by atoms with van der Waals surface area (Å²) >= 11 is 1.98. The fourth-order valence-electron chi connectivity index (χ4n) is 1.77. The molecule has 0 fully saturated rings. The standard InChI is InChI=1S/C15H25NOS/c1-13-7-3-4-8-14(13)11-18-10-6-5-9-15(2,16)12-17/h3-4,7-8,17H,5-6,9-12,16H2,1-2H3. The average molecular weight is 267 g/mol. The molecule has 1 aromatic carbocycles. The van der Waals surface area contributed by atoms with Gasteiger partial charge in [-0.2, -0.15) is 11.8 Å². The van der Waals surface area contributed by atoms with Gasteiger partial charge in [0.15, 0.2) is 0 Å². The van der Waals surface area contributed by atoms with E-state index < -0.39 is 5.54 Å². The van der Waals surface area contributed by atoms with Crippen molar-refractivity contribution in [1.82, 2.24) is 0 Å². The molecule has 1 aromatic rings. The summed E-state index contributed by atoms with van der Waals surface area (Å²) < 4.78 is 0. The Hall–Kier alpha value is -0.510. The van der Waals surface area contributed by atoms with Crippen LogP contribution < -0.4 is 5.73 Å². The van der Waals surface area contributed by atoms with E-state index in [0.29, 0.717) is 0 Å². The Bertz CT molecular complexity index is 352. The van der Waals surface area contributed by atoms with E-state index in [1.807, 2.05) is 18.7 Å². The third-order valence-electron chi connectivity index (χ3n) is 3.17. The van der Waals surface area contributed by atoms with Gasteiger partial charge in [0.1, 0.15) is 0 Å². The van der Waals surface area contributed by atoms with Crippen LogP contribution >= 0.6 is 11.8 Å². The van der Waals surface area contributed by atoms with Gasteiger partial charge in [0.05, 0.1) is 6.61 Å². The molecule has 0 heterocycles. The van der Waals surface area contributed by atoms with Crippen molar-refractivity contribution >= 4 is 11.8 Å². The number of hydrogen-bond acceptors (Lipinski definition) is 3. The highest BCUT2D eigenvalue weighted by atomic mass is 32.2. The number of aliphatic hydroxyl groups is 1.